The molecule has 1 amide bonds. The Kier molecular flexibility index (Phi) is 8.52. The molecule has 0 spiro atoms. The number of benzene rings is 2. The van der Waals surface area contributed by atoms with Crippen molar-refractivity contribution in [3.63, 3.8) is 0 Å². The van der Waals surface area contributed by atoms with Crippen LogP contribution in [0.3, 0.4) is 0 Å². The van der Waals surface area contributed by atoms with Crippen LogP contribution in [0, 0.1) is 10.8 Å². The summed E-state index contributed by atoms with van der Waals surface area (Å²) in [4.78, 5) is 11.8. The quantitative estimate of drug-likeness (QED) is 0.370. The van der Waals surface area contributed by atoms with Gasteiger partial charge in [0.2, 0.25) is 0 Å². The molecule has 1 N–H and O–H groups in total. The van der Waals surface area contributed by atoms with E-state index < -0.39 is 12.4 Å². The number of rotatable bonds is 8. The van der Waals surface area contributed by atoms with Gasteiger partial charge in [0, 0.05) is 5.69 Å². The lowest BCUT2D eigenvalue weighted by atomic mass is 9.64. The van der Waals surface area contributed by atoms with Crippen LogP contribution in [0.4, 0.5) is 10.5 Å². The van der Waals surface area contributed by atoms with Crippen molar-refractivity contribution in [3.8, 4) is 5.75 Å². The van der Waals surface area contributed by atoms with Crippen LogP contribution in [0.15, 0.2) is 54.6 Å². The van der Waals surface area contributed by atoms with Crippen LogP contribution in [0.25, 0.3) is 0 Å². The first-order valence-corrected chi connectivity index (χ1v) is 10.8. The lowest BCUT2D eigenvalue weighted by molar-refractivity contribution is -0.0765. The summed E-state index contributed by atoms with van der Waals surface area (Å²) in [6.45, 7) is 15.9. The number of carbonyl (C=O) groups excluding carboxylic acids is 1. The highest BCUT2D eigenvalue weighted by molar-refractivity contribution is 5.84. The summed E-state index contributed by atoms with van der Waals surface area (Å²) in [5.41, 5.74) is 2.31. The summed E-state index contributed by atoms with van der Waals surface area (Å²) < 4.78 is 16.6. The highest BCUT2D eigenvalue weighted by atomic mass is 16.7. The van der Waals surface area contributed by atoms with Crippen molar-refractivity contribution in [1.82, 2.24) is 0 Å². The van der Waals surface area contributed by atoms with Crippen molar-refractivity contribution in [2.24, 2.45) is 10.8 Å². The molecule has 31 heavy (non-hydrogen) atoms. The maximum absolute atomic E-state index is 11.8. The van der Waals surface area contributed by atoms with E-state index >= 15 is 0 Å². The molecule has 2 aromatic rings. The maximum Gasteiger partial charge on any atom is 0.411 e. The molecule has 2 aromatic carbocycles. The first kappa shape index (κ1) is 24.7. The SMILES string of the molecule is CC(OCCOC(=O)Nc1ccccc1)Oc1ccc(C(C(C)(C)C)C(C)(C)C)cc1. The van der Waals surface area contributed by atoms with E-state index in [0.717, 1.165) is 5.75 Å². The molecule has 170 valence electrons. The van der Waals surface area contributed by atoms with Crippen molar-refractivity contribution < 1.29 is 19.0 Å². The maximum atomic E-state index is 11.8. The molecule has 0 bridgehead atoms. The van der Waals surface area contributed by atoms with Crippen LogP contribution in [-0.4, -0.2) is 25.6 Å². The smallest absolute Gasteiger partial charge is 0.411 e. The van der Waals surface area contributed by atoms with Crippen LogP contribution >= 0.6 is 0 Å². The molecule has 0 saturated heterocycles. The average molecular weight is 428 g/mol. The Hall–Kier alpha value is -2.53. The molecule has 5 nitrogen and oxygen atoms in total. The Bertz CT molecular complexity index is 790. The van der Waals surface area contributed by atoms with Crippen LogP contribution in [-0.2, 0) is 9.47 Å². The summed E-state index contributed by atoms with van der Waals surface area (Å²) in [5, 5.41) is 2.66. The van der Waals surface area contributed by atoms with Gasteiger partial charge in [-0.3, -0.25) is 5.32 Å². The number of hydrogen-bond acceptors (Lipinski definition) is 4. The van der Waals surface area contributed by atoms with Gasteiger partial charge in [-0.15, -0.1) is 0 Å². The monoisotopic (exact) mass is 427 g/mol. The van der Waals surface area contributed by atoms with Gasteiger partial charge in [-0.25, -0.2) is 4.79 Å². The van der Waals surface area contributed by atoms with Crippen LogP contribution < -0.4 is 10.1 Å². The number of carbonyl (C=O) groups is 1. The molecule has 0 aliphatic carbocycles. The fraction of sp³-hybridized carbons (Fsp3) is 0.500. The van der Waals surface area contributed by atoms with Gasteiger partial charge in [0.05, 0.1) is 6.61 Å². The number of hydrogen-bond donors (Lipinski definition) is 1. The Morgan fingerprint density at radius 1 is 0.871 bits per heavy atom. The van der Waals surface area contributed by atoms with Crippen LogP contribution in [0.5, 0.6) is 5.75 Å². The van der Waals surface area contributed by atoms with Crippen molar-refractivity contribution in [1.29, 1.82) is 0 Å². The number of para-hydroxylation sites is 1. The molecule has 2 rings (SSSR count). The number of ether oxygens (including phenoxy) is 3. The third-order valence-electron chi connectivity index (χ3n) is 4.94. The normalized spacial score (nSPS) is 13.0. The summed E-state index contributed by atoms with van der Waals surface area (Å²) in [7, 11) is 0. The van der Waals surface area contributed by atoms with Crippen LogP contribution in [0.1, 0.15) is 59.9 Å². The molecule has 0 aliphatic heterocycles. The lowest BCUT2D eigenvalue weighted by Crippen LogP contribution is -2.30. The Labute approximate surface area is 187 Å². The van der Waals surface area contributed by atoms with Gasteiger partial charge in [0.1, 0.15) is 12.4 Å². The first-order chi connectivity index (χ1) is 14.5. The molecular formula is C26H37NO4. The predicted octanol–water partition coefficient (Wildman–Crippen LogP) is 6.85. The molecule has 1 unspecified atom stereocenters. The molecule has 0 aromatic heterocycles. The molecule has 0 radical (unpaired) electrons. The van der Waals surface area contributed by atoms with Crippen molar-refractivity contribution in [2.75, 3.05) is 18.5 Å². The topological polar surface area (TPSA) is 56.8 Å². The largest absolute Gasteiger partial charge is 0.465 e. The number of amides is 1. The van der Waals surface area contributed by atoms with Gasteiger partial charge in [0.25, 0.3) is 0 Å². The van der Waals surface area contributed by atoms with E-state index in [2.05, 4.69) is 59.0 Å². The second-order valence-corrected chi connectivity index (χ2v) is 9.92. The van der Waals surface area contributed by atoms with Crippen molar-refractivity contribution in [2.45, 2.75) is 60.7 Å². The van der Waals surface area contributed by atoms with E-state index in [9.17, 15) is 4.79 Å². The van der Waals surface area contributed by atoms with Gasteiger partial charge in [0.15, 0.2) is 6.29 Å². The summed E-state index contributed by atoms with van der Waals surface area (Å²) in [6.07, 6.45) is -0.959. The van der Waals surface area contributed by atoms with E-state index in [1.54, 1.807) is 12.1 Å². The molecule has 0 heterocycles. The van der Waals surface area contributed by atoms with Gasteiger partial charge in [-0.05, 0) is 53.5 Å². The average Bonchev–Trinajstić information content (AvgIpc) is 2.65. The second-order valence-electron chi connectivity index (χ2n) is 9.92. The lowest BCUT2D eigenvalue weighted by Gasteiger charge is -2.41. The predicted molar refractivity (Wildman–Crippen MR) is 126 cm³/mol. The molecule has 0 fully saturated rings. The summed E-state index contributed by atoms with van der Waals surface area (Å²) in [6, 6.07) is 17.4. The zero-order valence-electron chi connectivity index (χ0n) is 19.9. The fourth-order valence-electron chi connectivity index (χ4n) is 4.29. The highest BCUT2D eigenvalue weighted by Gasteiger charge is 2.35. The molecular weight excluding hydrogens is 390 g/mol. The fourth-order valence-corrected chi connectivity index (χ4v) is 4.29. The third kappa shape index (κ3) is 8.25. The van der Waals surface area contributed by atoms with Gasteiger partial charge < -0.3 is 14.2 Å². The number of nitrogens with one attached hydrogen (secondary N) is 1. The molecule has 0 saturated carbocycles. The minimum absolute atomic E-state index is 0.143. The van der Waals surface area contributed by atoms with Gasteiger partial charge in [-0.1, -0.05) is 71.9 Å². The molecule has 0 aliphatic rings. The third-order valence-corrected chi connectivity index (χ3v) is 4.94. The first-order valence-electron chi connectivity index (χ1n) is 10.8. The Balaban J connectivity index is 1.78. The molecule has 1 atom stereocenters. The van der Waals surface area contributed by atoms with Crippen molar-refractivity contribution >= 4 is 11.8 Å². The molecule has 5 heteroatoms. The van der Waals surface area contributed by atoms with Gasteiger partial charge in [-0.2, -0.15) is 0 Å². The zero-order chi connectivity index (χ0) is 23.1. The highest BCUT2D eigenvalue weighted by Crippen LogP contribution is 2.47. The van der Waals surface area contributed by atoms with E-state index in [1.807, 2.05) is 37.3 Å². The standard InChI is InChI=1S/C26H37NO4/c1-19(29-17-18-30-24(28)27-21-11-9-8-10-12-21)31-22-15-13-20(14-16-22)23(25(2,3)4)26(5,6)7/h8-16,19,23H,17-18H2,1-7H3,(H,27,28). The van der Waals surface area contributed by atoms with E-state index in [4.69, 9.17) is 14.2 Å². The van der Waals surface area contributed by atoms with Gasteiger partial charge >= 0.3 is 6.09 Å². The van der Waals surface area contributed by atoms with E-state index in [0.29, 0.717) is 11.6 Å². The Morgan fingerprint density at radius 3 is 2.00 bits per heavy atom. The van der Waals surface area contributed by atoms with Crippen molar-refractivity contribution in [3.05, 3.63) is 60.2 Å². The van der Waals surface area contributed by atoms with E-state index in [-0.39, 0.29) is 24.0 Å². The summed E-state index contributed by atoms with van der Waals surface area (Å²) >= 11 is 0. The summed E-state index contributed by atoms with van der Waals surface area (Å²) in [5.74, 6) is 1.17. The number of anilines is 1. The minimum atomic E-state index is -0.508. The zero-order valence-corrected chi connectivity index (χ0v) is 19.9. The van der Waals surface area contributed by atoms with E-state index in [1.165, 1.54) is 5.56 Å². The second kappa shape index (κ2) is 10.7. The minimum Gasteiger partial charge on any atom is -0.465 e. The Morgan fingerprint density at radius 2 is 1.45 bits per heavy atom. The van der Waals surface area contributed by atoms with Crippen LogP contribution in [0.2, 0.25) is 0 Å².